The lowest BCUT2D eigenvalue weighted by Crippen LogP contribution is -2.41. The molecule has 4 nitrogen and oxygen atoms in total. The molecular formula is C17H23BN2O2. The van der Waals surface area contributed by atoms with Gasteiger partial charge < -0.3 is 15.0 Å². The summed E-state index contributed by atoms with van der Waals surface area (Å²) < 4.78 is 12.1. The summed E-state index contributed by atoms with van der Waals surface area (Å²) in [5, 5.41) is 9.14. The van der Waals surface area contributed by atoms with Crippen LogP contribution in [-0.4, -0.2) is 24.9 Å². The lowest BCUT2D eigenvalue weighted by molar-refractivity contribution is 0.00578. The molecule has 0 bridgehead atoms. The predicted octanol–water partition coefficient (Wildman–Crippen LogP) is 2.84. The van der Waals surface area contributed by atoms with Gasteiger partial charge in [0.1, 0.15) is 0 Å². The SMILES string of the molecule is Cc1c(C#N)cccc1C=C(CN)B1OC(C)(C)C(C)(C)O1. The van der Waals surface area contributed by atoms with Crippen LogP contribution in [0.3, 0.4) is 0 Å². The van der Waals surface area contributed by atoms with Crippen LogP contribution in [0.25, 0.3) is 6.08 Å². The topological polar surface area (TPSA) is 68.3 Å². The molecule has 1 aromatic rings. The average molecular weight is 298 g/mol. The van der Waals surface area contributed by atoms with E-state index in [0.29, 0.717) is 12.1 Å². The van der Waals surface area contributed by atoms with E-state index in [1.54, 1.807) is 0 Å². The molecule has 2 rings (SSSR count). The highest BCUT2D eigenvalue weighted by Crippen LogP contribution is 2.38. The summed E-state index contributed by atoms with van der Waals surface area (Å²) in [5.74, 6) is 0. The highest BCUT2D eigenvalue weighted by molar-refractivity contribution is 6.55. The third kappa shape index (κ3) is 2.96. The second kappa shape index (κ2) is 5.88. The first-order valence-corrected chi connectivity index (χ1v) is 7.48. The maximum absolute atomic E-state index is 9.14. The lowest BCUT2D eigenvalue weighted by atomic mass is 9.76. The van der Waals surface area contributed by atoms with Gasteiger partial charge in [-0.1, -0.05) is 18.2 Å². The number of benzene rings is 1. The molecule has 5 heteroatoms. The number of nitrogens with zero attached hydrogens (tertiary/aromatic N) is 1. The Morgan fingerprint density at radius 1 is 1.27 bits per heavy atom. The first-order valence-electron chi connectivity index (χ1n) is 7.48. The van der Waals surface area contributed by atoms with Gasteiger partial charge in [-0.2, -0.15) is 5.26 Å². The summed E-state index contributed by atoms with van der Waals surface area (Å²) in [6.07, 6.45) is 1.97. The molecule has 0 unspecified atom stereocenters. The van der Waals surface area contributed by atoms with Gasteiger partial charge in [-0.15, -0.1) is 0 Å². The molecule has 0 amide bonds. The maximum Gasteiger partial charge on any atom is 0.491 e. The fraction of sp³-hybridized carbons (Fsp3) is 0.471. The van der Waals surface area contributed by atoms with Crippen molar-refractivity contribution >= 4 is 13.2 Å². The van der Waals surface area contributed by atoms with E-state index in [9.17, 15) is 0 Å². The third-order valence-electron chi connectivity index (χ3n) is 4.63. The minimum absolute atomic E-state index is 0.340. The monoisotopic (exact) mass is 298 g/mol. The predicted molar refractivity (Wildman–Crippen MR) is 89.0 cm³/mol. The number of hydrogen-bond donors (Lipinski definition) is 1. The Balaban J connectivity index is 2.37. The normalized spacial score (nSPS) is 20.0. The molecule has 1 aliphatic heterocycles. The summed E-state index contributed by atoms with van der Waals surface area (Å²) in [5.41, 5.74) is 8.56. The second-order valence-electron chi connectivity index (χ2n) is 6.64. The summed E-state index contributed by atoms with van der Waals surface area (Å²) in [6.45, 7) is 10.3. The van der Waals surface area contributed by atoms with E-state index in [0.717, 1.165) is 16.6 Å². The standard InChI is InChI=1S/C17H23BN2O2/c1-12-13(7-6-8-14(12)10-19)9-15(11-20)18-21-16(2,3)17(4,5)22-18/h6-9H,11,20H2,1-5H3. The minimum Gasteiger partial charge on any atom is -0.400 e. The average Bonchev–Trinajstić information content (AvgIpc) is 2.66. The number of rotatable bonds is 3. The molecule has 0 aliphatic carbocycles. The van der Waals surface area contributed by atoms with Gasteiger partial charge in [0.15, 0.2) is 0 Å². The molecule has 22 heavy (non-hydrogen) atoms. The third-order valence-corrected chi connectivity index (χ3v) is 4.63. The van der Waals surface area contributed by atoms with Crippen molar-refractivity contribution in [3.63, 3.8) is 0 Å². The van der Waals surface area contributed by atoms with Crippen LogP contribution in [0.4, 0.5) is 0 Å². The zero-order chi connectivity index (χ0) is 16.5. The first-order chi connectivity index (χ1) is 10.2. The van der Waals surface area contributed by atoms with E-state index in [-0.39, 0.29) is 0 Å². The van der Waals surface area contributed by atoms with Crippen LogP contribution in [0.1, 0.15) is 44.4 Å². The van der Waals surface area contributed by atoms with Gasteiger partial charge in [0.2, 0.25) is 0 Å². The molecule has 2 N–H and O–H groups in total. The molecular weight excluding hydrogens is 275 g/mol. The Kier molecular flexibility index (Phi) is 4.48. The van der Waals surface area contributed by atoms with Crippen molar-refractivity contribution < 1.29 is 9.31 Å². The molecule has 1 saturated heterocycles. The Labute approximate surface area is 133 Å². The van der Waals surface area contributed by atoms with Gasteiger partial charge in [0.25, 0.3) is 0 Å². The van der Waals surface area contributed by atoms with Crippen molar-refractivity contribution in [3.8, 4) is 6.07 Å². The van der Waals surface area contributed by atoms with Gasteiger partial charge in [-0.25, -0.2) is 0 Å². The van der Waals surface area contributed by atoms with Crippen LogP contribution in [0.5, 0.6) is 0 Å². The Morgan fingerprint density at radius 2 is 1.86 bits per heavy atom. The Morgan fingerprint density at radius 3 is 2.36 bits per heavy atom. The molecule has 116 valence electrons. The number of nitrogens with two attached hydrogens (primary N) is 1. The molecule has 0 aromatic heterocycles. The van der Waals surface area contributed by atoms with Crippen LogP contribution in [0.15, 0.2) is 23.7 Å². The quantitative estimate of drug-likeness (QED) is 0.871. The van der Waals surface area contributed by atoms with E-state index in [1.165, 1.54) is 0 Å². The van der Waals surface area contributed by atoms with Crippen molar-refractivity contribution in [2.75, 3.05) is 6.54 Å². The van der Waals surface area contributed by atoms with Crippen LogP contribution < -0.4 is 5.73 Å². The van der Waals surface area contributed by atoms with Crippen molar-refractivity contribution in [1.82, 2.24) is 0 Å². The molecule has 1 aliphatic rings. The van der Waals surface area contributed by atoms with Gasteiger partial charge >= 0.3 is 7.12 Å². The van der Waals surface area contributed by atoms with Crippen LogP contribution >= 0.6 is 0 Å². The summed E-state index contributed by atoms with van der Waals surface area (Å²) in [7, 11) is -0.458. The van der Waals surface area contributed by atoms with E-state index in [4.69, 9.17) is 20.3 Å². The summed E-state index contributed by atoms with van der Waals surface area (Å²) >= 11 is 0. The smallest absolute Gasteiger partial charge is 0.400 e. The molecule has 0 spiro atoms. The zero-order valence-corrected chi connectivity index (χ0v) is 13.9. The van der Waals surface area contributed by atoms with Crippen molar-refractivity contribution in [2.24, 2.45) is 5.73 Å². The molecule has 1 aromatic carbocycles. The maximum atomic E-state index is 9.14. The van der Waals surface area contributed by atoms with Crippen LogP contribution in [0.2, 0.25) is 0 Å². The van der Waals surface area contributed by atoms with E-state index >= 15 is 0 Å². The van der Waals surface area contributed by atoms with Crippen molar-refractivity contribution in [2.45, 2.75) is 45.8 Å². The Hall–Kier alpha value is -1.61. The largest absolute Gasteiger partial charge is 0.491 e. The highest BCUT2D eigenvalue weighted by atomic mass is 16.7. The highest BCUT2D eigenvalue weighted by Gasteiger charge is 2.52. The fourth-order valence-corrected chi connectivity index (χ4v) is 2.35. The minimum atomic E-state index is -0.458. The molecule has 1 fully saturated rings. The van der Waals surface area contributed by atoms with Gasteiger partial charge in [-0.05, 0) is 57.3 Å². The van der Waals surface area contributed by atoms with Crippen LogP contribution in [0, 0.1) is 18.3 Å². The van der Waals surface area contributed by atoms with Crippen molar-refractivity contribution in [3.05, 3.63) is 40.4 Å². The van der Waals surface area contributed by atoms with Gasteiger partial charge in [-0.3, -0.25) is 0 Å². The lowest BCUT2D eigenvalue weighted by Gasteiger charge is -2.32. The molecule has 1 heterocycles. The summed E-state index contributed by atoms with van der Waals surface area (Å²) in [6, 6.07) is 7.85. The molecule has 0 atom stereocenters. The van der Waals surface area contributed by atoms with Gasteiger partial charge in [0, 0.05) is 6.54 Å². The second-order valence-corrected chi connectivity index (χ2v) is 6.64. The Bertz CT molecular complexity index is 629. The first kappa shape index (κ1) is 16.8. The number of hydrogen-bond acceptors (Lipinski definition) is 4. The van der Waals surface area contributed by atoms with Gasteiger partial charge in [0.05, 0.1) is 22.8 Å². The number of nitriles is 1. The fourth-order valence-electron chi connectivity index (χ4n) is 2.35. The molecule has 0 radical (unpaired) electrons. The van der Waals surface area contributed by atoms with Crippen LogP contribution in [-0.2, 0) is 9.31 Å². The summed E-state index contributed by atoms with van der Waals surface area (Å²) in [4.78, 5) is 0. The zero-order valence-electron chi connectivity index (χ0n) is 13.9. The van der Waals surface area contributed by atoms with Crippen molar-refractivity contribution in [1.29, 1.82) is 5.26 Å². The van der Waals surface area contributed by atoms with E-state index in [2.05, 4.69) is 6.07 Å². The van der Waals surface area contributed by atoms with E-state index < -0.39 is 18.3 Å². The molecule has 0 saturated carbocycles. The van der Waals surface area contributed by atoms with E-state index in [1.807, 2.05) is 58.9 Å².